The molecular formula is C20H15ClN4O4S. The van der Waals surface area contributed by atoms with Crippen LogP contribution < -0.4 is 0 Å². The molecule has 0 spiro atoms. The third-order valence-electron chi connectivity index (χ3n) is 4.60. The number of non-ortho nitro benzene ring substituents is 1. The zero-order valence-corrected chi connectivity index (χ0v) is 17.3. The first-order chi connectivity index (χ1) is 14.3. The quantitative estimate of drug-likeness (QED) is 0.465. The van der Waals surface area contributed by atoms with Crippen molar-refractivity contribution >= 4 is 56.8 Å². The van der Waals surface area contributed by atoms with E-state index in [0.717, 1.165) is 28.2 Å². The zero-order valence-electron chi connectivity index (χ0n) is 15.7. The molecule has 0 saturated heterocycles. The van der Waals surface area contributed by atoms with Crippen LogP contribution in [0.1, 0.15) is 5.56 Å². The average Bonchev–Trinajstić information content (AvgIpc) is 3.33. The number of halogens is 1. The molecule has 0 aliphatic carbocycles. The minimum atomic E-state index is -0.943. The molecule has 1 aromatic heterocycles. The summed E-state index contributed by atoms with van der Waals surface area (Å²) in [6.07, 6.45) is 1.90. The van der Waals surface area contributed by atoms with E-state index in [-0.39, 0.29) is 18.0 Å². The Morgan fingerprint density at radius 2 is 2.00 bits per heavy atom. The molecule has 0 saturated carbocycles. The molecule has 1 aliphatic rings. The molecule has 0 bridgehead atoms. The number of aromatic nitrogens is 1. The smallest absolute Gasteiger partial charge is 0.313 e. The first-order valence-electron chi connectivity index (χ1n) is 8.83. The molecule has 10 heteroatoms. The fourth-order valence-electron chi connectivity index (χ4n) is 3.28. The Kier molecular flexibility index (Phi) is 5.31. The van der Waals surface area contributed by atoms with Gasteiger partial charge < -0.3 is 9.67 Å². The molecule has 0 radical (unpaired) electrons. The molecule has 1 aliphatic heterocycles. The highest BCUT2D eigenvalue weighted by molar-refractivity contribution is 8.14. The maximum atomic E-state index is 11.5. The highest BCUT2D eigenvalue weighted by atomic mass is 35.5. The molecular weight excluding hydrogens is 428 g/mol. The van der Waals surface area contributed by atoms with Gasteiger partial charge in [-0.2, -0.15) is 0 Å². The van der Waals surface area contributed by atoms with Crippen molar-refractivity contribution in [1.82, 2.24) is 4.57 Å². The molecule has 2 heterocycles. The lowest BCUT2D eigenvalue weighted by Gasteiger charge is -2.08. The number of amidine groups is 1. The second-order valence-electron chi connectivity index (χ2n) is 6.68. The Hall–Kier alpha value is -3.17. The largest absolute Gasteiger partial charge is 0.481 e. The normalized spacial score (nSPS) is 13.4. The van der Waals surface area contributed by atoms with Crippen LogP contribution in [-0.2, 0) is 11.8 Å². The van der Waals surface area contributed by atoms with Crippen molar-refractivity contribution in [2.75, 3.05) is 12.3 Å². The van der Waals surface area contributed by atoms with Crippen molar-refractivity contribution in [3.05, 3.63) is 63.3 Å². The summed E-state index contributed by atoms with van der Waals surface area (Å²) in [5.74, 6) is -0.709. The number of nitro groups is 1. The van der Waals surface area contributed by atoms with Crippen LogP contribution in [0.5, 0.6) is 0 Å². The minimum absolute atomic E-state index is 0.0867. The van der Waals surface area contributed by atoms with Crippen LogP contribution in [0.15, 0.2) is 52.6 Å². The maximum Gasteiger partial charge on any atom is 0.313 e. The van der Waals surface area contributed by atoms with Gasteiger partial charge in [0.05, 0.1) is 32.8 Å². The Balaban J connectivity index is 1.76. The van der Waals surface area contributed by atoms with E-state index in [4.69, 9.17) is 16.7 Å². The lowest BCUT2D eigenvalue weighted by atomic mass is 10.0. The van der Waals surface area contributed by atoms with Gasteiger partial charge in [-0.05, 0) is 35.4 Å². The van der Waals surface area contributed by atoms with Gasteiger partial charge in [-0.1, -0.05) is 23.4 Å². The van der Waals surface area contributed by atoms with Gasteiger partial charge in [-0.25, -0.2) is 4.99 Å². The van der Waals surface area contributed by atoms with Crippen LogP contribution >= 0.6 is 23.4 Å². The minimum Gasteiger partial charge on any atom is -0.481 e. The van der Waals surface area contributed by atoms with Crippen LogP contribution in [0, 0.1) is 10.1 Å². The van der Waals surface area contributed by atoms with E-state index in [1.54, 1.807) is 12.1 Å². The molecule has 30 heavy (non-hydrogen) atoms. The summed E-state index contributed by atoms with van der Waals surface area (Å²) in [6, 6.07) is 10.3. The van der Waals surface area contributed by atoms with Crippen LogP contribution in [0.25, 0.3) is 22.0 Å². The van der Waals surface area contributed by atoms with Crippen molar-refractivity contribution in [3.63, 3.8) is 0 Å². The predicted molar refractivity (Wildman–Crippen MR) is 119 cm³/mol. The highest BCUT2D eigenvalue weighted by Crippen LogP contribution is 2.34. The lowest BCUT2D eigenvalue weighted by molar-refractivity contribution is -0.384. The molecule has 8 nitrogen and oxygen atoms in total. The Morgan fingerprint density at radius 3 is 2.73 bits per heavy atom. The van der Waals surface area contributed by atoms with Crippen molar-refractivity contribution in [1.29, 1.82) is 0 Å². The highest BCUT2D eigenvalue weighted by Gasteiger charge is 2.19. The van der Waals surface area contributed by atoms with Crippen LogP contribution in [0.4, 0.5) is 5.69 Å². The van der Waals surface area contributed by atoms with Gasteiger partial charge in [0.25, 0.3) is 5.69 Å². The maximum absolute atomic E-state index is 11.5. The predicted octanol–water partition coefficient (Wildman–Crippen LogP) is 4.38. The number of rotatable bonds is 5. The Labute approximate surface area is 180 Å². The number of aliphatic imine (C=N–C) groups is 2. The van der Waals surface area contributed by atoms with Gasteiger partial charge in [0, 0.05) is 36.3 Å². The number of thioether (sulfide) groups is 1. The number of carboxylic acid groups (broad SMARTS) is 1. The van der Waals surface area contributed by atoms with Crippen LogP contribution in [-0.4, -0.2) is 43.7 Å². The van der Waals surface area contributed by atoms with Crippen molar-refractivity contribution in [2.24, 2.45) is 17.0 Å². The SMILES string of the molecule is Cn1ccc2cc(-c3cc(C4=NCC(SCC(=O)O)=N4)cc([N+](=O)[O-])c3)cc(Cl)c21. The molecule has 0 fully saturated rings. The molecule has 1 N–H and O–H groups in total. The molecule has 0 amide bonds. The molecule has 152 valence electrons. The number of nitrogens with zero attached hydrogens (tertiary/aromatic N) is 4. The molecule has 3 aromatic rings. The first kappa shape index (κ1) is 20.1. The van der Waals surface area contributed by atoms with Gasteiger partial charge in [-0.15, -0.1) is 0 Å². The second kappa shape index (κ2) is 7.92. The van der Waals surface area contributed by atoms with E-state index < -0.39 is 10.9 Å². The zero-order chi connectivity index (χ0) is 21.4. The number of carboxylic acids is 1. The van der Waals surface area contributed by atoms with E-state index in [2.05, 4.69) is 9.98 Å². The van der Waals surface area contributed by atoms with E-state index >= 15 is 0 Å². The summed E-state index contributed by atoms with van der Waals surface area (Å²) < 4.78 is 1.92. The number of aryl methyl sites for hydroxylation is 1. The molecule has 4 rings (SSSR count). The van der Waals surface area contributed by atoms with Crippen LogP contribution in [0.3, 0.4) is 0 Å². The van der Waals surface area contributed by atoms with Crippen molar-refractivity contribution in [3.8, 4) is 11.1 Å². The third-order valence-corrected chi connectivity index (χ3v) is 5.83. The number of nitro benzene ring substituents is 1. The summed E-state index contributed by atoms with van der Waals surface area (Å²) in [7, 11) is 1.90. The average molecular weight is 443 g/mol. The second-order valence-corrected chi connectivity index (χ2v) is 8.13. The van der Waals surface area contributed by atoms with E-state index in [1.807, 2.05) is 29.9 Å². The monoisotopic (exact) mass is 442 g/mol. The van der Waals surface area contributed by atoms with E-state index in [1.165, 1.54) is 12.1 Å². The fraction of sp³-hybridized carbons (Fsp3) is 0.150. The summed E-state index contributed by atoms with van der Waals surface area (Å²) in [5.41, 5.74) is 2.66. The molecule has 2 aromatic carbocycles. The number of hydrogen-bond acceptors (Lipinski definition) is 6. The van der Waals surface area contributed by atoms with Gasteiger partial charge in [0.1, 0.15) is 0 Å². The summed E-state index contributed by atoms with van der Waals surface area (Å²) in [5, 5.41) is 22.4. The van der Waals surface area contributed by atoms with Crippen molar-refractivity contribution < 1.29 is 14.8 Å². The van der Waals surface area contributed by atoms with E-state index in [0.29, 0.717) is 27.0 Å². The number of aliphatic carboxylic acids is 1. The Bertz CT molecular complexity index is 1270. The fourth-order valence-corrected chi connectivity index (χ4v) is 4.23. The van der Waals surface area contributed by atoms with Gasteiger partial charge in [0.15, 0.2) is 5.84 Å². The van der Waals surface area contributed by atoms with Crippen molar-refractivity contribution in [2.45, 2.75) is 0 Å². The number of fused-ring (bicyclic) bond motifs is 1. The van der Waals surface area contributed by atoms with Crippen LogP contribution in [0.2, 0.25) is 5.02 Å². The number of hydrogen-bond donors (Lipinski definition) is 1. The Morgan fingerprint density at radius 1 is 1.27 bits per heavy atom. The standard InChI is InChI=1S/C20H15ClN4O4S/c1-24-3-2-11-4-13(8-16(21)19(11)24)12-5-14(7-15(6-12)25(28)29)20-22-9-17(23-20)30-10-18(26)27/h2-8H,9-10H2,1H3,(H,26,27). The number of carbonyl (C=O) groups is 1. The third kappa shape index (κ3) is 3.94. The molecule has 0 atom stereocenters. The lowest BCUT2D eigenvalue weighted by Crippen LogP contribution is -2.03. The summed E-state index contributed by atoms with van der Waals surface area (Å²) in [4.78, 5) is 30.5. The van der Waals surface area contributed by atoms with Gasteiger partial charge in [-0.3, -0.25) is 19.9 Å². The molecule has 0 unspecified atom stereocenters. The van der Waals surface area contributed by atoms with E-state index in [9.17, 15) is 14.9 Å². The van der Waals surface area contributed by atoms with Gasteiger partial charge >= 0.3 is 5.97 Å². The first-order valence-corrected chi connectivity index (χ1v) is 10.2. The summed E-state index contributed by atoms with van der Waals surface area (Å²) in [6.45, 7) is 0.257. The van der Waals surface area contributed by atoms with Gasteiger partial charge in [0.2, 0.25) is 0 Å². The number of benzene rings is 2. The topological polar surface area (TPSA) is 110 Å². The summed E-state index contributed by atoms with van der Waals surface area (Å²) >= 11 is 7.55.